The summed E-state index contributed by atoms with van der Waals surface area (Å²) >= 11 is 0. The lowest BCUT2D eigenvalue weighted by Gasteiger charge is -2.00. The van der Waals surface area contributed by atoms with Crippen molar-refractivity contribution in [3.63, 3.8) is 0 Å². The van der Waals surface area contributed by atoms with Crippen molar-refractivity contribution in [3.05, 3.63) is 93.4 Å². The van der Waals surface area contributed by atoms with Crippen LogP contribution in [0.15, 0.2) is 59.1 Å². The van der Waals surface area contributed by atoms with Gasteiger partial charge in [0.2, 0.25) is 6.41 Å². The Kier molecular flexibility index (Phi) is 15.9. The van der Waals surface area contributed by atoms with Crippen molar-refractivity contribution < 1.29 is 18.0 Å². The second kappa shape index (κ2) is 17.8. The van der Waals surface area contributed by atoms with Crippen molar-refractivity contribution >= 4 is 17.3 Å². The zero-order valence-electron chi connectivity index (χ0n) is 20.3. The normalized spacial score (nSPS) is 9.54. The Balaban J connectivity index is 0.000000503. The maximum atomic E-state index is 12.8. The minimum absolute atomic E-state index is 0.0790. The first-order valence-electron chi connectivity index (χ1n) is 10.9. The van der Waals surface area contributed by atoms with Crippen LogP contribution >= 0.6 is 0 Å². The number of rotatable bonds is 7. The van der Waals surface area contributed by atoms with Crippen molar-refractivity contribution in [2.24, 2.45) is 7.05 Å². The average molecular weight is 495 g/mol. The van der Waals surface area contributed by atoms with Crippen LogP contribution in [0.2, 0.25) is 0 Å². The van der Waals surface area contributed by atoms with Crippen molar-refractivity contribution in [1.29, 1.82) is 0 Å². The van der Waals surface area contributed by atoms with E-state index >= 15 is 0 Å². The van der Waals surface area contributed by atoms with Crippen LogP contribution in [-0.4, -0.2) is 29.6 Å². The smallest absolute Gasteiger partial charge is 0.328 e. The lowest BCUT2D eigenvalue weighted by Crippen LogP contribution is -2.32. The highest BCUT2D eigenvalue weighted by atomic mass is 19.1. The molecule has 0 atom stereocenters. The van der Waals surface area contributed by atoms with E-state index in [2.05, 4.69) is 35.7 Å². The summed E-state index contributed by atoms with van der Waals surface area (Å²) in [4.78, 5) is 34.9. The molecule has 1 aromatic heterocycles. The molecule has 3 N–H and O–H groups in total. The van der Waals surface area contributed by atoms with Gasteiger partial charge >= 0.3 is 5.69 Å². The molecule has 0 unspecified atom stereocenters. The molecule has 0 radical (unpaired) electrons. The molecule has 3 rings (SSSR count). The van der Waals surface area contributed by atoms with E-state index in [9.17, 15) is 27.6 Å². The molecule has 2 aromatic carbocycles. The van der Waals surface area contributed by atoms with Gasteiger partial charge in [0.1, 0.15) is 17.5 Å². The first-order chi connectivity index (χ1) is 16.7. The van der Waals surface area contributed by atoms with Crippen LogP contribution in [0.25, 0.3) is 10.9 Å². The number of aromatic nitrogens is 2. The topological polar surface area (TPSA) is 96.0 Å². The Morgan fingerprint density at radius 3 is 2.23 bits per heavy atom. The molecule has 0 bridgehead atoms. The second-order valence-electron chi connectivity index (χ2n) is 7.03. The number of hydrogen-bond acceptors (Lipinski definition) is 4. The van der Waals surface area contributed by atoms with Crippen molar-refractivity contribution in [2.45, 2.75) is 32.7 Å². The van der Waals surface area contributed by atoms with E-state index in [0.29, 0.717) is 11.9 Å². The molecule has 0 aliphatic carbocycles. The first-order valence-corrected chi connectivity index (χ1v) is 10.9. The number of nitrogens with zero attached hydrogens (tertiary/aromatic N) is 1. The number of nitrogens with one attached hydrogen (secondary N) is 3. The Morgan fingerprint density at radius 1 is 1.03 bits per heavy atom. The van der Waals surface area contributed by atoms with Crippen LogP contribution in [0.4, 0.5) is 13.2 Å². The van der Waals surface area contributed by atoms with Gasteiger partial charge in [0.25, 0.3) is 5.56 Å². The third-order valence-electron chi connectivity index (χ3n) is 4.48. The number of amides is 1. The van der Waals surface area contributed by atoms with Gasteiger partial charge in [-0.25, -0.2) is 18.0 Å². The standard InChI is InChI=1S/C9H7FN2O2.C8H7F2NO.C6H15N.C2H4/c1-12-8(13)6-4-5(10)2-3-7(6)11-9(12)14;9-7-2-1-6(4-11-5-12)8(10)3-7;1-3-4-5-6-7-2;1-2/h2-4H,1H3,(H,11,14);1-3,5H,4H2,(H,11,12);7H,3-6H2,1-2H3;1-2H2. The fourth-order valence-corrected chi connectivity index (χ4v) is 2.64. The third kappa shape index (κ3) is 11.3. The highest BCUT2D eigenvalue weighted by Gasteiger charge is 2.04. The second-order valence-corrected chi connectivity index (χ2v) is 7.03. The highest BCUT2D eigenvalue weighted by molar-refractivity contribution is 5.77. The number of fused-ring (bicyclic) bond motifs is 1. The molecule has 0 fully saturated rings. The van der Waals surface area contributed by atoms with Crippen molar-refractivity contribution in [2.75, 3.05) is 13.6 Å². The predicted octanol–water partition coefficient (Wildman–Crippen LogP) is 3.77. The molecular formula is C25H33F3N4O3. The lowest BCUT2D eigenvalue weighted by molar-refractivity contribution is -0.109. The molecule has 0 saturated carbocycles. The van der Waals surface area contributed by atoms with Crippen LogP contribution in [0.5, 0.6) is 0 Å². The van der Waals surface area contributed by atoms with Gasteiger partial charge < -0.3 is 15.6 Å². The molecular weight excluding hydrogens is 461 g/mol. The molecule has 10 heteroatoms. The summed E-state index contributed by atoms with van der Waals surface area (Å²) in [5.74, 6) is -1.77. The maximum Gasteiger partial charge on any atom is 0.328 e. The van der Waals surface area contributed by atoms with Crippen LogP contribution in [-0.2, 0) is 18.4 Å². The van der Waals surface area contributed by atoms with Crippen LogP contribution in [0, 0.1) is 17.5 Å². The van der Waals surface area contributed by atoms with Gasteiger partial charge in [-0.1, -0.05) is 25.8 Å². The molecule has 7 nitrogen and oxygen atoms in total. The van der Waals surface area contributed by atoms with Gasteiger partial charge in [-0.3, -0.25) is 14.2 Å². The molecule has 1 amide bonds. The van der Waals surface area contributed by atoms with Crippen LogP contribution < -0.4 is 21.9 Å². The minimum atomic E-state index is -0.649. The zero-order valence-corrected chi connectivity index (χ0v) is 20.3. The van der Waals surface area contributed by atoms with Crippen molar-refractivity contribution in [1.82, 2.24) is 20.2 Å². The van der Waals surface area contributed by atoms with Gasteiger partial charge in [-0.15, -0.1) is 13.2 Å². The molecule has 0 aliphatic rings. The first kappa shape index (κ1) is 31.3. The van der Waals surface area contributed by atoms with Gasteiger partial charge in [-0.2, -0.15) is 0 Å². The monoisotopic (exact) mass is 494 g/mol. The van der Waals surface area contributed by atoms with E-state index in [1.807, 2.05) is 7.05 Å². The van der Waals surface area contributed by atoms with Gasteiger partial charge in [0, 0.05) is 25.2 Å². The molecule has 0 saturated heterocycles. The number of benzene rings is 2. The summed E-state index contributed by atoms with van der Waals surface area (Å²) in [5, 5.41) is 5.56. The Labute approximate surface area is 202 Å². The average Bonchev–Trinajstić information content (AvgIpc) is 2.85. The summed E-state index contributed by atoms with van der Waals surface area (Å²) in [6.07, 6.45) is 4.47. The number of carbonyl (C=O) groups is 1. The zero-order chi connectivity index (χ0) is 26.8. The minimum Gasteiger partial charge on any atom is -0.354 e. The van der Waals surface area contributed by atoms with E-state index in [4.69, 9.17) is 0 Å². The van der Waals surface area contributed by atoms with Gasteiger partial charge in [0.05, 0.1) is 10.9 Å². The number of hydrogen-bond donors (Lipinski definition) is 3. The summed E-state index contributed by atoms with van der Waals surface area (Å²) in [6, 6.07) is 6.88. The van der Waals surface area contributed by atoms with E-state index in [1.54, 1.807) is 0 Å². The predicted molar refractivity (Wildman–Crippen MR) is 134 cm³/mol. The largest absolute Gasteiger partial charge is 0.354 e. The number of carbonyl (C=O) groups excluding carboxylic acids is 1. The quantitative estimate of drug-likeness (QED) is 0.265. The molecule has 192 valence electrons. The van der Waals surface area contributed by atoms with E-state index < -0.39 is 28.7 Å². The molecule has 1 heterocycles. The van der Waals surface area contributed by atoms with Gasteiger partial charge in [-0.05, 0) is 44.3 Å². The molecule has 35 heavy (non-hydrogen) atoms. The SMILES string of the molecule is C=C.CCCCCNC.Cn1c(=O)[nH]c2ccc(F)cc2c1=O.O=CNCc1ccc(F)cc1F. The van der Waals surface area contributed by atoms with Crippen LogP contribution in [0.1, 0.15) is 31.7 Å². The fraction of sp³-hybridized carbons (Fsp3) is 0.320. The number of unbranched alkanes of at least 4 members (excludes halogenated alkanes) is 2. The summed E-state index contributed by atoms with van der Waals surface area (Å²) in [6.45, 7) is 9.47. The molecule has 0 spiro atoms. The lowest BCUT2D eigenvalue weighted by atomic mass is 10.2. The van der Waals surface area contributed by atoms with Crippen molar-refractivity contribution in [3.8, 4) is 0 Å². The Bertz CT molecular complexity index is 1160. The Hall–Kier alpha value is -3.66. The summed E-state index contributed by atoms with van der Waals surface area (Å²) < 4.78 is 38.8. The number of halogens is 3. The summed E-state index contributed by atoms with van der Waals surface area (Å²) in [5.41, 5.74) is -0.389. The number of aromatic amines is 1. The fourth-order valence-electron chi connectivity index (χ4n) is 2.64. The Morgan fingerprint density at radius 2 is 1.66 bits per heavy atom. The summed E-state index contributed by atoms with van der Waals surface area (Å²) in [7, 11) is 3.33. The number of H-pyrrole nitrogens is 1. The van der Waals surface area contributed by atoms with E-state index in [1.165, 1.54) is 51.1 Å². The molecule has 3 aromatic rings. The van der Waals surface area contributed by atoms with Gasteiger partial charge in [0.15, 0.2) is 0 Å². The van der Waals surface area contributed by atoms with Crippen LogP contribution in [0.3, 0.4) is 0 Å². The third-order valence-corrected chi connectivity index (χ3v) is 4.48. The van der Waals surface area contributed by atoms with E-state index in [0.717, 1.165) is 22.8 Å². The highest BCUT2D eigenvalue weighted by Crippen LogP contribution is 2.08. The molecule has 0 aliphatic heterocycles. The van der Waals surface area contributed by atoms with E-state index in [-0.39, 0.29) is 17.5 Å². The maximum absolute atomic E-state index is 12.8.